The molecule has 4 nitrogen and oxygen atoms in total. The van der Waals surface area contributed by atoms with E-state index >= 15 is 0 Å². The molecule has 0 saturated carbocycles. The second-order valence-electron chi connectivity index (χ2n) is 4.14. The minimum atomic E-state index is 0.802. The second-order valence-corrected chi connectivity index (χ2v) is 4.14. The first-order valence-corrected chi connectivity index (χ1v) is 5.46. The average molecular weight is 214 g/mol. The van der Waals surface area contributed by atoms with Crippen LogP contribution in [0.15, 0.2) is 30.9 Å². The van der Waals surface area contributed by atoms with E-state index < -0.39 is 0 Å². The number of aromatic nitrogens is 3. The molecule has 0 saturated heterocycles. The summed E-state index contributed by atoms with van der Waals surface area (Å²) >= 11 is 0. The molecular weight excluding hydrogens is 200 g/mol. The van der Waals surface area contributed by atoms with Crippen molar-refractivity contribution in [3.05, 3.63) is 49.0 Å². The average Bonchev–Trinajstić information content (AvgIpc) is 2.90. The van der Waals surface area contributed by atoms with E-state index in [4.69, 9.17) is 0 Å². The van der Waals surface area contributed by atoms with E-state index in [9.17, 15) is 0 Å². The molecule has 1 aromatic carbocycles. The van der Waals surface area contributed by atoms with E-state index in [1.807, 2.05) is 4.68 Å². The van der Waals surface area contributed by atoms with Crippen LogP contribution < -0.4 is 4.90 Å². The number of nitrogens with one attached hydrogen (secondary N) is 1. The summed E-state index contributed by atoms with van der Waals surface area (Å²) in [4.78, 5) is 5.22. The molecule has 1 atom stereocenters. The first-order valence-electron chi connectivity index (χ1n) is 5.46. The molecule has 0 amide bonds. The van der Waals surface area contributed by atoms with Gasteiger partial charge in [0.1, 0.15) is 18.3 Å². The van der Waals surface area contributed by atoms with Crippen LogP contribution in [0.3, 0.4) is 0 Å². The van der Waals surface area contributed by atoms with Crippen molar-refractivity contribution in [3.63, 3.8) is 0 Å². The molecule has 1 aliphatic rings. The van der Waals surface area contributed by atoms with Crippen molar-refractivity contribution >= 4 is 5.69 Å². The van der Waals surface area contributed by atoms with E-state index in [0.717, 1.165) is 19.5 Å². The van der Waals surface area contributed by atoms with Gasteiger partial charge in [0.25, 0.3) is 0 Å². The van der Waals surface area contributed by atoms with Gasteiger partial charge in [-0.25, -0.2) is 9.67 Å². The Labute approximate surface area is 94.5 Å². The van der Waals surface area contributed by atoms with Crippen LogP contribution in [-0.4, -0.2) is 21.3 Å². The highest BCUT2D eigenvalue weighted by molar-refractivity contribution is 5.47. The lowest BCUT2D eigenvalue weighted by Crippen LogP contribution is -3.00. The van der Waals surface area contributed by atoms with Gasteiger partial charge >= 0.3 is 0 Å². The SMILES string of the molecule is [CH2-][NH+]1CCc2c(Cn3cncn3)cccc21. The van der Waals surface area contributed by atoms with Crippen molar-refractivity contribution in [1.29, 1.82) is 0 Å². The molecule has 0 aliphatic carbocycles. The Kier molecular flexibility index (Phi) is 2.22. The van der Waals surface area contributed by atoms with Gasteiger partial charge in [-0.1, -0.05) is 12.1 Å². The standard InChI is InChI=1S/C12H14N4/c1-15-6-5-11-10(3-2-4-12(11)15)7-16-9-13-8-14-16/h2-4,8-9,15H,1,5-7H2. The van der Waals surface area contributed by atoms with Gasteiger partial charge in [-0.2, -0.15) is 5.10 Å². The van der Waals surface area contributed by atoms with E-state index in [-0.39, 0.29) is 0 Å². The van der Waals surface area contributed by atoms with Gasteiger partial charge in [0.2, 0.25) is 0 Å². The van der Waals surface area contributed by atoms with Crippen molar-refractivity contribution in [2.75, 3.05) is 6.54 Å². The highest BCUT2D eigenvalue weighted by Crippen LogP contribution is 2.21. The fourth-order valence-corrected chi connectivity index (χ4v) is 2.31. The van der Waals surface area contributed by atoms with Gasteiger partial charge in [-0.3, -0.25) is 0 Å². The molecule has 0 spiro atoms. The topological polar surface area (TPSA) is 35.2 Å². The third kappa shape index (κ3) is 1.51. The van der Waals surface area contributed by atoms with E-state index in [2.05, 4.69) is 35.3 Å². The normalized spacial score (nSPS) is 18.7. The van der Waals surface area contributed by atoms with Crippen LogP contribution in [0.5, 0.6) is 0 Å². The zero-order chi connectivity index (χ0) is 11.0. The molecule has 16 heavy (non-hydrogen) atoms. The van der Waals surface area contributed by atoms with Crippen molar-refractivity contribution in [2.24, 2.45) is 0 Å². The summed E-state index contributed by atoms with van der Waals surface area (Å²) in [5.74, 6) is 0. The molecule has 0 fully saturated rings. The van der Waals surface area contributed by atoms with Crippen LogP contribution in [-0.2, 0) is 13.0 Å². The zero-order valence-electron chi connectivity index (χ0n) is 9.06. The molecular formula is C12H14N4. The molecule has 4 heteroatoms. The quantitative estimate of drug-likeness (QED) is 0.724. The lowest BCUT2D eigenvalue weighted by atomic mass is 10.1. The van der Waals surface area contributed by atoms with Crippen LogP contribution >= 0.6 is 0 Å². The summed E-state index contributed by atoms with van der Waals surface area (Å²) < 4.78 is 1.86. The van der Waals surface area contributed by atoms with Crippen LogP contribution in [0.2, 0.25) is 0 Å². The molecule has 0 bridgehead atoms. The molecule has 1 N–H and O–H groups in total. The number of benzene rings is 1. The minimum Gasteiger partial charge on any atom is -0.434 e. The molecule has 82 valence electrons. The third-order valence-corrected chi connectivity index (χ3v) is 3.13. The summed E-state index contributed by atoms with van der Waals surface area (Å²) in [7, 11) is 4.10. The third-order valence-electron chi connectivity index (χ3n) is 3.13. The minimum absolute atomic E-state index is 0.802. The molecule has 1 unspecified atom stereocenters. The second kappa shape index (κ2) is 3.72. The summed E-state index contributed by atoms with van der Waals surface area (Å²) in [6.45, 7) is 1.89. The van der Waals surface area contributed by atoms with Crippen LogP contribution in [0.25, 0.3) is 0 Å². The van der Waals surface area contributed by atoms with Crippen LogP contribution in [0.1, 0.15) is 11.1 Å². The van der Waals surface area contributed by atoms with Crippen molar-refractivity contribution in [1.82, 2.24) is 14.8 Å². The van der Waals surface area contributed by atoms with Gasteiger partial charge in [0, 0.05) is 12.0 Å². The number of quaternary nitrogens is 1. The van der Waals surface area contributed by atoms with Crippen LogP contribution in [0.4, 0.5) is 5.69 Å². The summed E-state index contributed by atoms with van der Waals surface area (Å²) in [5.41, 5.74) is 4.10. The Morgan fingerprint density at radius 2 is 2.38 bits per heavy atom. The summed E-state index contributed by atoms with van der Waals surface area (Å²) in [6, 6.07) is 6.43. The Balaban J connectivity index is 1.97. The molecule has 1 aliphatic heterocycles. The predicted octanol–water partition coefficient (Wildman–Crippen LogP) is 0.190. The number of fused-ring (bicyclic) bond motifs is 1. The largest absolute Gasteiger partial charge is 0.434 e. The van der Waals surface area contributed by atoms with Gasteiger partial charge in [0.05, 0.1) is 13.1 Å². The van der Waals surface area contributed by atoms with Gasteiger partial charge in [-0.05, 0) is 11.6 Å². The molecule has 3 rings (SSSR count). The Morgan fingerprint density at radius 3 is 3.19 bits per heavy atom. The van der Waals surface area contributed by atoms with Crippen molar-refractivity contribution < 1.29 is 4.90 Å². The number of rotatable bonds is 2. The predicted molar refractivity (Wildman–Crippen MR) is 60.1 cm³/mol. The van der Waals surface area contributed by atoms with Gasteiger partial charge in [-0.15, -0.1) is 7.05 Å². The Morgan fingerprint density at radius 1 is 1.44 bits per heavy atom. The molecule has 1 aromatic heterocycles. The molecule has 2 heterocycles. The fraction of sp³-hybridized carbons (Fsp3) is 0.250. The maximum absolute atomic E-state index is 4.14. The monoisotopic (exact) mass is 214 g/mol. The van der Waals surface area contributed by atoms with E-state index in [1.165, 1.54) is 21.7 Å². The number of hydrogen-bond donors (Lipinski definition) is 1. The van der Waals surface area contributed by atoms with Crippen molar-refractivity contribution in [3.8, 4) is 0 Å². The Hall–Kier alpha value is -1.68. The Bertz CT molecular complexity index is 490. The van der Waals surface area contributed by atoms with Crippen LogP contribution in [0, 0.1) is 7.05 Å². The zero-order valence-corrected chi connectivity index (χ0v) is 9.06. The summed E-state index contributed by atoms with van der Waals surface area (Å²) in [5, 5.41) is 4.14. The first-order chi connectivity index (χ1) is 7.84. The van der Waals surface area contributed by atoms with Gasteiger partial charge < -0.3 is 4.90 Å². The maximum Gasteiger partial charge on any atom is 0.137 e. The summed E-state index contributed by atoms with van der Waals surface area (Å²) in [6.07, 6.45) is 4.43. The number of nitrogens with zero attached hydrogens (tertiary/aromatic N) is 3. The van der Waals surface area contributed by atoms with E-state index in [1.54, 1.807) is 12.7 Å². The lowest BCUT2D eigenvalue weighted by Gasteiger charge is -2.13. The molecule has 2 aromatic rings. The highest BCUT2D eigenvalue weighted by atomic mass is 15.3. The highest BCUT2D eigenvalue weighted by Gasteiger charge is 2.20. The first kappa shape index (κ1) is 9.54. The number of hydrogen-bond acceptors (Lipinski definition) is 2. The lowest BCUT2D eigenvalue weighted by molar-refractivity contribution is -0.775. The van der Waals surface area contributed by atoms with E-state index in [0.29, 0.717) is 0 Å². The molecule has 0 radical (unpaired) electrons. The van der Waals surface area contributed by atoms with Gasteiger partial charge in [0.15, 0.2) is 0 Å². The van der Waals surface area contributed by atoms with Crippen molar-refractivity contribution in [2.45, 2.75) is 13.0 Å². The fourth-order valence-electron chi connectivity index (χ4n) is 2.31. The smallest absolute Gasteiger partial charge is 0.137 e. The maximum atomic E-state index is 4.14.